The molecule has 0 saturated carbocycles. The van der Waals surface area contributed by atoms with Gasteiger partial charge in [-0.15, -0.1) is 0 Å². The van der Waals surface area contributed by atoms with Gasteiger partial charge in [0.25, 0.3) is 0 Å². The van der Waals surface area contributed by atoms with E-state index in [-0.39, 0.29) is 19.5 Å². The summed E-state index contributed by atoms with van der Waals surface area (Å²) in [5.41, 5.74) is 4.26. The van der Waals surface area contributed by atoms with Gasteiger partial charge in [-0.05, 0) is 86.1 Å². The van der Waals surface area contributed by atoms with Crippen molar-refractivity contribution in [3.05, 3.63) is 64.3 Å². The summed E-state index contributed by atoms with van der Waals surface area (Å²) >= 11 is 6.31. The van der Waals surface area contributed by atoms with Gasteiger partial charge in [0.15, 0.2) is 0 Å². The van der Waals surface area contributed by atoms with Crippen molar-refractivity contribution in [3.63, 3.8) is 0 Å². The maximum absolute atomic E-state index is 13.2. The van der Waals surface area contributed by atoms with Crippen molar-refractivity contribution < 1.29 is 20.4 Å². The lowest BCUT2D eigenvalue weighted by Crippen LogP contribution is -2.41. The largest absolute Gasteiger partial charge is 0.494 e. The maximum Gasteiger partial charge on any atom is 0.410 e. The maximum atomic E-state index is 13.2. The molecule has 7 nitrogen and oxygen atoms in total. The summed E-state index contributed by atoms with van der Waals surface area (Å²) in [6.45, 7) is 8.47. The number of carbonyl (C=O) groups excluding carboxylic acids is 1. The first-order chi connectivity index (χ1) is 18.5. The molecule has 1 aromatic heterocycles. The Morgan fingerprint density at radius 1 is 1.13 bits per heavy atom. The van der Waals surface area contributed by atoms with Gasteiger partial charge >= 0.3 is 6.09 Å². The Labute approximate surface area is 232 Å². The van der Waals surface area contributed by atoms with E-state index in [4.69, 9.17) is 25.8 Å². The topological polar surface area (TPSA) is 75.8 Å². The Morgan fingerprint density at radius 3 is 2.68 bits per heavy atom. The molecule has 2 heterocycles. The molecule has 0 spiro atoms. The first-order valence-corrected chi connectivity index (χ1v) is 14.0. The lowest BCUT2D eigenvalue weighted by atomic mass is 9.92. The van der Waals surface area contributed by atoms with E-state index < -0.39 is 0 Å². The molecule has 0 saturated heterocycles. The van der Waals surface area contributed by atoms with Crippen molar-refractivity contribution in [3.8, 4) is 5.75 Å². The van der Waals surface area contributed by atoms with E-state index >= 15 is 0 Å². The molecule has 1 unspecified atom stereocenters. The molecule has 3 aromatic rings. The van der Waals surface area contributed by atoms with Crippen LogP contribution in [0.3, 0.4) is 0 Å². The second kappa shape index (κ2) is 13.9. The van der Waals surface area contributed by atoms with Crippen molar-refractivity contribution in [1.29, 1.82) is 0 Å². The molecule has 1 atom stereocenters. The lowest BCUT2D eigenvalue weighted by molar-refractivity contribution is 0.0797. The second-order valence-corrected chi connectivity index (χ2v) is 10.7. The first-order valence-electron chi connectivity index (χ1n) is 13.6. The van der Waals surface area contributed by atoms with Gasteiger partial charge < -0.3 is 24.5 Å². The van der Waals surface area contributed by atoms with Gasteiger partial charge in [0, 0.05) is 43.3 Å². The summed E-state index contributed by atoms with van der Waals surface area (Å²) in [7, 11) is 1.73. The fourth-order valence-electron chi connectivity index (χ4n) is 4.88. The zero-order chi connectivity index (χ0) is 26.9. The van der Waals surface area contributed by atoms with Crippen LogP contribution >= 0.6 is 11.6 Å². The van der Waals surface area contributed by atoms with Gasteiger partial charge in [-0.1, -0.05) is 37.6 Å². The number of H-pyrrole nitrogens is 1. The van der Waals surface area contributed by atoms with Gasteiger partial charge in [-0.25, -0.2) is 4.79 Å². The monoisotopic (exact) mass is 543 g/mol. The van der Waals surface area contributed by atoms with Crippen LogP contribution in [0.2, 0.25) is 5.02 Å². The number of ether oxygens (including phenoxy) is 3. The number of rotatable bonds is 13. The van der Waals surface area contributed by atoms with Gasteiger partial charge in [0.2, 0.25) is 0 Å². The standard InChI is InChI=1S/C30H40ClN3O4.H2/c1-21(2)20-38-30(35)34-16-13-25-26-19-23(31)9-12-27(26)33-28(25)29(34)22-7-10-24(11-8-22)37-18-5-4-14-32-15-6-17-36-3;/h7-12,19,21,29,32-33H,4-6,13-18,20H2,1-3H3;1H. The summed E-state index contributed by atoms with van der Waals surface area (Å²) in [6, 6.07) is 13.7. The molecule has 0 fully saturated rings. The van der Waals surface area contributed by atoms with Crippen molar-refractivity contribution >= 4 is 28.6 Å². The summed E-state index contributed by atoms with van der Waals surface area (Å²) in [4.78, 5) is 18.6. The summed E-state index contributed by atoms with van der Waals surface area (Å²) in [6.07, 6.45) is 3.53. The van der Waals surface area contributed by atoms with Crippen LogP contribution < -0.4 is 10.1 Å². The van der Waals surface area contributed by atoms with Crippen molar-refractivity contribution in [2.24, 2.45) is 5.92 Å². The molecular weight excluding hydrogens is 502 g/mol. The Hall–Kier alpha value is -2.74. The number of aromatic amines is 1. The van der Waals surface area contributed by atoms with Crippen LogP contribution in [0.25, 0.3) is 10.9 Å². The van der Waals surface area contributed by atoms with Crippen molar-refractivity contribution in [2.75, 3.05) is 46.6 Å². The number of methoxy groups -OCH3 is 1. The molecule has 2 aromatic carbocycles. The molecule has 1 amide bonds. The highest BCUT2D eigenvalue weighted by atomic mass is 35.5. The van der Waals surface area contributed by atoms with Gasteiger partial charge in [-0.3, -0.25) is 4.90 Å². The van der Waals surface area contributed by atoms with E-state index in [0.29, 0.717) is 24.8 Å². The highest BCUT2D eigenvalue weighted by molar-refractivity contribution is 6.31. The van der Waals surface area contributed by atoms with E-state index in [0.717, 1.165) is 73.3 Å². The van der Waals surface area contributed by atoms with E-state index in [2.05, 4.69) is 10.3 Å². The molecule has 4 rings (SSSR count). The number of nitrogens with one attached hydrogen (secondary N) is 2. The van der Waals surface area contributed by atoms with E-state index in [9.17, 15) is 4.79 Å². The van der Waals surface area contributed by atoms with Crippen LogP contribution in [0.1, 0.15) is 57.4 Å². The van der Waals surface area contributed by atoms with E-state index in [1.54, 1.807) is 7.11 Å². The number of nitrogens with zero attached hydrogens (tertiary/aromatic N) is 1. The average molecular weight is 544 g/mol. The van der Waals surface area contributed by atoms with Crippen molar-refractivity contribution in [2.45, 2.75) is 45.6 Å². The molecule has 1 aliphatic heterocycles. The summed E-state index contributed by atoms with van der Waals surface area (Å²) in [5, 5.41) is 5.24. The molecule has 8 heteroatoms. The highest BCUT2D eigenvalue weighted by Gasteiger charge is 2.35. The number of unbranched alkanes of at least 4 members (excludes halogenated alkanes) is 1. The minimum Gasteiger partial charge on any atom is -0.494 e. The number of amides is 1. The molecule has 0 radical (unpaired) electrons. The number of carbonyl (C=O) groups is 1. The summed E-state index contributed by atoms with van der Waals surface area (Å²) < 4.78 is 16.7. The SMILES string of the molecule is COCCCNCCCCOc1ccc(C2c3[nH]c4ccc(Cl)cc4c3CCN2C(=O)OCC(C)C)cc1.[HH]. The molecule has 2 N–H and O–H groups in total. The molecule has 38 heavy (non-hydrogen) atoms. The quantitative estimate of drug-likeness (QED) is 0.238. The molecule has 0 bridgehead atoms. The van der Waals surface area contributed by atoms with Crippen LogP contribution in [-0.4, -0.2) is 62.5 Å². The minimum atomic E-state index is -0.290. The predicted molar refractivity (Wildman–Crippen MR) is 154 cm³/mol. The smallest absolute Gasteiger partial charge is 0.410 e. The summed E-state index contributed by atoms with van der Waals surface area (Å²) in [5.74, 6) is 1.10. The van der Waals surface area contributed by atoms with Gasteiger partial charge in [-0.2, -0.15) is 0 Å². The van der Waals surface area contributed by atoms with E-state index in [1.807, 2.05) is 61.2 Å². The number of aromatic nitrogens is 1. The number of hydrogen-bond acceptors (Lipinski definition) is 5. The van der Waals surface area contributed by atoms with Crippen LogP contribution in [0.4, 0.5) is 4.79 Å². The zero-order valence-electron chi connectivity index (χ0n) is 22.7. The minimum absolute atomic E-state index is 0. The Morgan fingerprint density at radius 2 is 1.92 bits per heavy atom. The Balaban J connectivity index is 0.00000420. The van der Waals surface area contributed by atoms with E-state index in [1.165, 1.54) is 5.56 Å². The fourth-order valence-corrected chi connectivity index (χ4v) is 5.05. The third-order valence-electron chi connectivity index (χ3n) is 6.78. The highest BCUT2D eigenvalue weighted by Crippen LogP contribution is 2.39. The third kappa shape index (κ3) is 7.22. The number of benzene rings is 2. The van der Waals surface area contributed by atoms with Crippen LogP contribution in [0.5, 0.6) is 5.75 Å². The fraction of sp³-hybridized carbons (Fsp3) is 0.500. The molecule has 1 aliphatic rings. The zero-order valence-corrected chi connectivity index (χ0v) is 23.5. The molecular formula is C30H42ClN3O4. The van der Waals surface area contributed by atoms with Crippen LogP contribution in [0, 0.1) is 5.92 Å². The van der Waals surface area contributed by atoms with Crippen molar-refractivity contribution in [1.82, 2.24) is 15.2 Å². The third-order valence-corrected chi connectivity index (χ3v) is 7.01. The Kier molecular flexibility index (Phi) is 10.3. The van der Waals surface area contributed by atoms with Gasteiger partial charge in [0.05, 0.1) is 13.2 Å². The molecule has 208 valence electrons. The number of hydrogen-bond donors (Lipinski definition) is 2. The second-order valence-electron chi connectivity index (χ2n) is 10.2. The van der Waals surface area contributed by atoms with Crippen LogP contribution in [0.15, 0.2) is 42.5 Å². The normalized spacial score (nSPS) is 15.2. The molecule has 0 aliphatic carbocycles. The van der Waals surface area contributed by atoms with Gasteiger partial charge in [0.1, 0.15) is 11.8 Å². The number of halogens is 1. The predicted octanol–water partition coefficient (Wildman–Crippen LogP) is 6.59. The Bertz CT molecular complexity index is 1180. The first kappa shape index (κ1) is 28.3. The average Bonchev–Trinajstić information content (AvgIpc) is 3.28. The van der Waals surface area contributed by atoms with Crippen LogP contribution in [-0.2, 0) is 15.9 Å². The lowest BCUT2D eigenvalue weighted by Gasteiger charge is -2.35. The number of fused-ring (bicyclic) bond motifs is 3.